The Morgan fingerprint density at radius 3 is 0.739 bits per heavy atom. The zero-order valence-electron chi connectivity index (χ0n) is 59.9. The van der Waals surface area contributed by atoms with Crippen molar-refractivity contribution in [3.8, 4) is 0 Å². The summed E-state index contributed by atoms with van der Waals surface area (Å²) in [5, 5.41) is 10.6. The molecule has 0 radical (unpaired) electrons. The lowest BCUT2D eigenvalue weighted by atomic mass is 10.0. The van der Waals surface area contributed by atoms with Crippen LogP contribution in [0.2, 0.25) is 0 Å². The van der Waals surface area contributed by atoms with Crippen molar-refractivity contribution in [2.45, 2.75) is 394 Å². The van der Waals surface area contributed by atoms with E-state index in [1.54, 1.807) is 0 Å². The molecule has 0 saturated carbocycles. The predicted molar refractivity (Wildman–Crippen MR) is 372 cm³/mol. The summed E-state index contributed by atoms with van der Waals surface area (Å²) in [6.07, 6.45) is 51.7. The summed E-state index contributed by atoms with van der Waals surface area (Å²) >= 11 is 0. The Balaban J connectivity index is 5.15. The summed E-state index contributed by atoms with van der Waals surface area (Å²) in [7, 11) is -9.90. The van der Waals surface area contributed by atoms with Gasteiger partial charge in [0.05, 0.1) is 26.4 Å². The summed E-state index contributed by atoms with van der Waals surface area (Å²) in [5.41, 5.74) is 0. The number of rotatable bonds is 72. The molecule has 0 aliphatic heterocycles. The Kier molecular flexibility index (Phi) is 63.7. The highest BCUT2D eigenvalue weighted by Crippen LogP contribution is 2.45. The molecule has 0 bridgehead atoms. The van der Waals surface area contributed by atoms with Crippen molar-refractivity contribution in [1.82, 2.24) is 0 Å². The van der Waals surface area contributed by atoms with E-state index < -0.39 is 97.5 Å². The molecule has 0 aromatic carbocycles. The molecule has 3 N–H and O–H groups in total. The molecule has 0 rings (SSSR count). The fourth-order valence-corrected chi connectivity index (χ4v) is 12.7. The number of carbonyl (C=O) groups is 4. The van der Waals surface area contributed by atoms with Gasteiger partial charge in [-0.1, -0.05) is 324 Å². The highest BCUT2D eigenvalue weighted by molar-refractivity contribution is 7.47. The molecule has 0 fully saturated rings. The van der Waals surface area contributed by atoms with Crippen molar-refractivity contribution in [2.75, 3.05) is 39.6 Å². The molecular weight excluding hydrogens is 1210 g/mol. The van der Waals surface area contributed by atoms with Crippen molar-refractivity contribution in [3.05, 3.63) is 0 Å². The Labute approximate surface area is 562 Å². The number of aliphatic hydroxyl groups excluding tert-OH is 1. The third kappa shape index (κ3) is 66.7. The van der Waals surface area contributed by atoms with Crippen LogP contribution in [0.25, 0.3) is 0 Å². The minimum atomic E-state index is -4.95. The maximum atomic E-state index is 13.0. The van der Waals surface area contributed by atoms with Crippen LogP contribution in [-0.4, -0.2) is 96.7 Å². The van der Waals surface area contributed by atoms with Crippen LogP contribution in [0.1, 0.15) is 375 Å². The molecule has 92 heavy (non-hydrogen) atoms. The van der Waals surface area contributed by atoms with E-state index in [1.165, 1.54) is 180 Å². The van der Waals surface area contributed by atoms with E-state index in [-0.39, 0.29) is 25.7 Å². The van der Waals surface area contributed by atoms with E-state index in [1.807, 2.05) is 0 Å². The first-order valence-electron chi connectivity index (χ1n) is 38.0. The monoisotopic (exact) mass is 1350 g/mol. The minimum absolute atomic E-state index is 0.105. The van der Waals surface area contributed by atoms with E-state index >= 15 is 0 Å². The maximum absolute atomic E-state index is 13.0. The number of phosphoric acid groups is 2. The summed E-state index contributed by atoms with van der Waals surface area (Å²) in [6.45, 7) is 9.48. The van der Waals surface area contributed by atoms with Crippen LogP contribution in [0.15, 0.2) is 0 Å². The maximum Gasteiger partial charge on any atom is 0.472 e. The molecule has 0 saturated heterocycles. The highest BCUT2D eigenvalue weighted by atomic mass is 31.2. The van der Waals surface area contributed by atoms with Crippen molar-refractivity contribution < 1.29 is 80.2 Å². The summed E-state index contributed by atoms with van der Waals surface area (Å²) in [6, 6.07) is 0. The summed E-state index contributed by atoms with van der Waals surface area (Å²) < 4.78 is 68.3. The van der Waals surface area contributed by atoms with Crippen LogP contribution in [-0.2, 0) is 65.4 Å². The number of aliphatic hydroxyl groups is 1. The van der Waals surface area contributed by atoms with Gasteiger partial charge in [-0.25, -0.2) is 9.13 Å². The number of ether oxygens (including phenoxy) is 4. The van der Waals surface area contributed by atoms with Gasteiger partial charge in [0, 0.05) is 25.7 Å². The SMILES string of the molecule is CCCCCCCCCCCCCCCCCCCCCCCC(=O)O[C@H](COC(=O)CCCCCCCCCCCC(C)C)COP(=O)(O)OC[C@@H](O)COP(=O)(O)OC[C@@H](COC(=O)CCCCCCCCC)OC(=O)CCCCCCCCCCCC(C)C. The predicted octanol–water partition coefficient (Wildman–Crippen LogP) is 21.2. The number of hydrogen-bond acceptors (Lipinski definition) is 15. The second-order valence-electron chi connectivity index (χ2n) is 27.3. The van der Waals surface area contributed by atoms with Gasteiger partial charge in [-0.15, -0.1) is 0 Å². The van der Waals surface area contributed by atoms with Crippen molar-refractivity contribution in [3.63, 3.8) is 0 Å². The van der Waals surface area contributed by atoms with Gasteiger partial charge in [0.2, 0.25) is 0 Å². The molecule has 5 atom stereocenters. The summed E-state index contributed by atoms with van der Waals surface area (Å²) in [4.78, 5) is 72.5. The zero-order chi connectivity index (χ0) is 67.9. The normalized spacial score (nSPS) is 14.1. The van der Waals surface area contributed by atoms with Gasteiger partial charge in [-0.3, -0.25) is 37.3 Å². The van der Waals surface area contributed by atoms with E-state index in [4.69, 9.17) is 37.0 Å². The Hall–Kier alpha value is -1.94. The zero-order valence-corrected chi connectivity index (χ0v) is 61.6. The van der Waals surface area contributed by atoms with Gasteiger partial charge in [-0.2, -0.15) is 0 Å². The molecule has 0 aliphatic rings. The molecule has 19 heteroatoms. The fraction of sp³-hybridized carbons (Fsp3) is 0.945. The molecule has 0 aromatic rings. The van der Waals surface area contributed by atoms with E-state index in [0.29, 0.717) is 25.7 Å². The lowest BCUT2D eigenvalue weighted by Gasteiger charge is -2.21. The largest absolute Gasteiger partial charge is 0.472 e. The van der Waals surface area contributed by atoms with Crippen molar-refractivity contribution in [1.29, 1.82) is 0 Å². The smallest absolute Gasteiger partial charge is 0.462 e. The van der Waals surface area contributed by atoms with Crippen molar-refractivity contribution >= 4 is 39.5 Å². The lowest BCUT2D eigenvalue weighted by molar-refractivity contribution is -0.161. The number of hydrogen-bond donors (Lipinski definition) is 3. The summed E-state index contributed by atoms with van der Waals surface area (Å²) in [5.74, 6) is -0.647. The minimum Gasteiger partial charge on any atom is -0.462 e. The highest BCUT2D eigenvalue weighted by Gasteiger charge is 2.30. The van der Waals surface area contributed by atoms with E-state index in [0.717, 1.165) is 115 Å². The Bertz CT molecular complexity index is 1790. The van der Waals surface area contributed by atoms with Crippen LogP contribution in [0.4, 0.5) is 0 Å². The first-order chi connectivity index (χ1) is 44.4. The number of carbonyl (C=O) groups excluding carboxylic acids is 4. The molecule has 546 valence electrons. The lowest BCUT2D eigenvalue weighted by Crippen LogP contribution is -2.30. The number of esters is 4. The standard InChI is InChI=1S/C73H142O17P2/c1-7-9-11-13-15-16-17-18-19-20-21-22-23-24-25-26-27-32-39-45-51-57-72(77)90-69(62-84-71(76)56-50-44-38-33-28-30-36-41-47-53-65(3)4)64-88-92(81,82)86-60-67(74)59-85-91(79,80)87-63-68(61-83-70(75)55-49-43-35-14-12-10-8-2)89-73(78)58-52-46-40-34-29-31-37-42-48-54-66(5)6/h65-69,74H,7-64H2,1-6H3,(H,79,80)(H,81,82)/t67-,68+,69+/m0/s1. The Morgan fingerprint density at radius 1 is 0.293 bits per heavy atom. The van der Waals surface area contributed by atoms with Gasteiger partial charge in [0.15, 0.2) is 12.2 Å². The van der Waals surface area contributed by atoms with Gasteiger partial charge in [-0.05, 0) is 37.5 Å². The topological polar surface area (TPSA) is 237 Å². The molecule has 0 heterocycles. The van der Waals surface area contributed by atoms with Crippen LogP contribution < -0.4 is 0 Å². The van der Waals surface area contributed by atoms with Gasteiger partial charge in [0.1, 0.15) is 19.3 Å². The van der Waals surface area contributed by atoms with Crippen molar-refractivity contribution in [2.24, 2.45) is 11.8 Å². The Morgan fingerprint density at radius 2 is 0.500 bits per heavy atom. The second kappa shape index (κ2) is 65.0. The van der Waals surface area contributed by atoms with Crippen LogP contribution in [0.5, 0.6) is 0 Å². The first kappa shape index (κ1) is 90.1. The van der Waals surface area contributed by atoms with Crippen LogP contribution in [0, 0.1) is 11.8 Å². The van der Waals surface area contributed by atoms with Gasteiger partial charge in [0.25, 0.3) is 0 Å². The molecule has 0 amide bonds. The molecule has 17 nitrogen and oxygen atoms in total. The third-order valence-electron chi connectivity index (χ3n) is 17.0. The van der Waals surface area contributed by atoms with Crippen LogP contribution >= 0.6 is 15.6 Å². The molecular formula is C73H142O17P2. The average Bonchev–Trinajstić information content (AvgIpc) is 1.60. The second-order valence-corrected chi connectivity index (χ2v) is 30.2. The van der Waals surface area contributed by atoms with Crippen LogP contribution in [0.3, 0.4) is 0 Å². The number of unbranched alkanes of at least 4 members (excludes halogenated alkanes) is 42. The average molecular weight is 1350 g/mol. The molecule has 2 unspecified atom stereocenters. The first-order valence-corrected chi connectivity index (χ1v) is 41.0. The quantitative estimate of drug-likeness (QED) is 0.0222. The van der Waals surface area contributed by atoms with E-state index in [9.17, 15) is 43.2 Å². The number of phosphoric ester groups is 2. The molecule has 0 aromatic heterocycles. The van der Waals surface area contributed by atoms with Gasteiger partial charge >= 0.3 is 39.5 Å². The fourth-order valence-electron chi connectivity index (χ4n) is 11.1. The molecule has 0 spiro atoms. The molecule has 0 aliphatic carbocycles. The van der Waals surface area contributed by atoms with E-state index in [2.05, 4.69) is 41.5 Å². The third-order valence-corrected chi connectivity index (χ3v) is 18.9. The van der Waals surface area contributed by atoms with Gasteiger partial charge < -0.3 is 33.8 Å².